The molecule has 0 saturated carbocycles. The lowest BCUT2D eigenvalue weighted by Crippen LogP contribution is -1.97. The molecule has 18 heavy (non-hydrogen) atoms. The maximum atomic E-state index is 13.2. The molecule has 2 aromatic rings. The number of benzene rings is 1. The number of aromatic carboxylic acids is 1. The fourth-order valence-electron chi connectivity index (χ4n) is 1.31. The molecule has 0 aliphatic carbocycles. The normalized spacial score (nSPS) is 10.3. The third kappa shape index (κ3) is 2.65. The SMILES string of the molecule is O=C(O)c1coc(COc2ccc(F)cc2F)c1. The van der Waals surface area contributed by atoms with Crippen LogP contribution >= 0.6 is 0 Å². The highest BCUT2D eigenvalue weighted by Gasteiger charge is 2.10. The van der Waals surface area contributed by atoms with Gasteiger partial charge in [-0.15, -0.1) is 0 Å². The molecule has 0 bridgehead atoms. The summed E-state index contributed by atoms with van der Waals surface area (Å²) in [5.74, 6) is -2.57. The quantitative estimate of drug-likeness (QED) is 0.911. The molecule has 0 aliphatic heterocycles. The smallest absolute Gasteiger partial charge is 0.338 e. The van der Waals surface area contributed by atoms with Gasteiger partial charge >= 0.3 is 5.97 Å². The first kappa shape index (κ1) is 12.1. The Labute approximate surface area is 100 Å². The molecule has 6 heteroatoms. The lowest BCUT2D eigenvalue weighted by molar-refractivity contribution is 0.0696. The third-order valence-corrected chi connectivity index (χ3v) is 2.16. The van der Waals surface area contributed by atoms with Crippen LogP contribution in [0.4, 0.5) is 8.78 Å². The van der Waals surface area contributed by atoms with Crippen LogP contribution in [0.5, 0.6) is 5.75 Å². The zero-order chi connectivity index (χ0) is 13.1. The van der Waals surface area contributed by atoms with Crippen molar-refractivity contribution in [1.82, 2.24) is 0 Å². The maximum absolute atomic E-state index is 13.2. The Hall–Kier alpha value is -2.37. The molecule has 0 atom stereocenters. The molecule has 1 heterocycles. The second kappa shape index (κ2) is 4.87. The molecule has 0 spiro atoms. The number of rotatable bonds is 4. The molecule has 0 amide bonds. The van der Waals surface area contributed by atoms with Gasteiger partial charge in [0, 0.05) is 6.07 Å². The van der Waals surface area contributed by atoms with Crippen LogP contribution in [-0.2, 0) is 6.61 Å². The lowest BCUT2D eigenvalue weighted by Gasteiger charge is -2.04. The first-order valence-corrected chi connectivity index (χ1v) is 4.95. The van der Waals surface area contributed by atoms with E-state index in [4.69, 9.17) is 14.3 Å². The summed E-state index contributed by atoms with van der Waals surface area (Å²) in [7, 11) is 0. The zero-order valence-electron chi connectivity index (χ0n) is 9.02. The summed E-state index contributed by atoms with van der Waals surface area (Å²) in [5, 5.41) is 8.66. The van der Waals surface area contributed by atoms with E-state index in [-0.39, 0.29) is 23.7 Å². The average Bonchev–Trinajstić information content (AvgIpc) is 2.76. The van der Waals surface area contributed by atoms with Crippen molar-refractivity contribution >= 4 is 5.97 Å². The van der Waals surface area contributed by atoms with E-state index < -0.39 is 17.6 Å². The Bertz CT molecular complexity index is 577. The number of hydrogen-bond donors (Lipinski definition) is 1. The summed E-state index contributed by atoms with van der Waals surface area (Å²) in [4.78, 5) is 10.6. The summed E-state index contributed by atoms with van der Waals surface area (Å²) < 4.78 is 35.8. The summed E-state index contributed by atoms with van der Waals surface area (Å²) in [6.45, 7) is -0.143. The van der Waals surface area contributed by atoms with E-state index in [2.05, 4.69) is 0 Å². The lowest BCUT2D eigenvalue weighted by atomic mass is 10.3. The van der Waals surface area contributed by atoms with Crippen molar-refractivity contribution in [3.8, 4) is 5.75 Å². The monoisotopic (exact) mass is 254 g/mol. The minimum Gasteiger partial charge on any atom is -0.483 e. The van der Waals surface area contributed by atoms with Crippen molar-refractivity contribution in [3.63, 3.8) is 0 Å². The van der Waals surface area contributed by atoms with Gasteiger partial charge in [-0.3, -0.25) is 0 Å². The summed E-state index contributed by atoms with van der Waals surface area (Å²) in [6.07, 6.45) is 1.06. The van der Waals surface area contributed by atoms with Crippen LogP contribution in [0.1, 0.15) is 16.1 Å². The predicted octanol–water partition coefficient (Wildman–Crippen LogP) is 2.84. The molecule has 0 radical (unpaired) electrons. The van der Waals surface area contributed by atoms with Crippen LogP contribution in [0.2, 0.25) is 0 Å². The van der Waals surface area contributed by atoms with Crippen molar-refractivity contribution in [1.29, 1.82) is 0 Å². The van der Waals surface area contributed by atoms with Crippen LogP contribution in [0.25, 0.3) is 0 Å². The van der Waals surface area contributed by atoms with Crippen molar-refractivity contribution < 1.29 is 27.8 Å². The molecular formula is C12H8F2O4. The second-order valence-electron chi connectivity index (χ2n) is 3.47. The number of hydrogen-bond acceptors (Lipinski definition) is 3. The first-order valence-electron chi connectivity index (χ1n) is 4.95. The fourth-order valence-corrected chi connectivity index (χ4v) is 1.31. The number of ether oxygens (including phenoxy) is 1. The number of carboxylic acids is 1. The first-order chi connectivity index (χ1) is 8.56. The van der Waals surface area contributed by atoms with Gasteiger partial charge in [-0.05, 0) is 18.2 Å². The highest BCUT2D eigenvalue weighted by atomic mass is 19.1. The average molecular weight is 254 g/mol. The maximum Gasteiger partial charge on any atom is 0.338 e. The number of furan rings is 1. The summed E-state index contributed by atoms with van der Waals surface area (Å²) in [5.41, 5.74) is -0.0202. The molecular weight excluding hydrogens is 246 g/mol. The Morgan fingerprint density at radius 3 is 2.72 bits per heavy atom. The molecule has 0 aliphatic rings. The van der Waals surface area contributed by atoms with Gasteiger partial charge in [0.05, 0.1) is 5.56 Å². The van der Waals surface area contributed by atoms with E-state index in [1.807, 2.05) is 0 Å². The standard InChI is InChI=1S/C12H8F2O4/c13-8-1-2-11(10(14)4-8)18-6-9-3-7(5-17-9)12(15)16/h1-5H,6H2,(H,15,16). The van der Waals surface area contributed by atoms with E-state index in [1.165, 1.54) is 6.07 Å². The van der Waals surface area contributed by atoms with Gasteiger partial charge in [0.25, 0.3) is 0 Å². The van der Waals surface area contributed by atoms with E-state index in [0.717, 1.165) is 18.4 Å². The van der Waals surface area contributed by atoms with Crippen molar-refractivity contribution in [3.05, 3.63) is 53.5 Å². The molecule has 1 aromatic heterocycles. The zero-order valence-corrected chi connectivity index (χ0v) is 9.02. The van der Waals surface area contributed by atoms with E-state index in [9.17, 15) is 13.6 Å². The molecule has 94 valence electrons. The number of halogens is 2. The largest absolute Gasteiger partial charge is 0.483 e. The van der Waals surface area contributed by atoms with Gasteiger partial charge in [-0.25, -0.2) is 13.6 Å². The van der Waals surface area contributed by atoms with Crippen LogP contribution < -0.4 is 4.74 Å². The summed E-state index contributed by atoms with van der Waals surface area (Å²) >= 11 is 0. The van der Waals surface area contributed by atoms with Crippen molar-refractivity contribution in [2.75, 3.05) is 0 Å². The molecule has 1 N–H and O–H groups in total. The van der Waals surface area contributed by atoms with Gasteiger partial charge in [-0.1, -0.05) is 0 Å². The minimum atomic E-state index is -1.13. The Morgan fingerprint density at radius 2 is 2.11 bits per heavy atom. The molecule has 0 fully saturated rings. The van der Waals surface area contributed by atoms with Crippen LogP contribution in [-0.4, -0.2) is 11.1 Å². The summed E-state index contributed by atoms with van der Waals surface area (Å²) in [6, 6.07) is 4.17. The molecule has 0 unspecified atom stereocenters. The number of carboxylic acid groups (broad SMARTS) is 1. The topological polar surface area (TPSA) is 59.7 Å². The van der Waals surface area contributed by atoms with Crippen LogP contribution in [0.15, 0.2) is 34.9 Å². The Kier molecular flexibility index (Phi) is 3.27. The van der Waals surface area contributed by atoms with Gasteiger partial charge in [0.1, 0.15) is 24.4 Å². The van der Waals surface area contributed by atoms with E-state index >= 15 is 0 Å². The molecule has 4 nitrogen and oxygen atoms in total. The van der Waals surface area contributed by atoms with Gasteiger partial charge in [-0.2, -0.15) is 0 Å². The predicted molar refractivity (Wildman–Crippen MR) is 56.4 cm³/mol. The highest BCUT2D eigenvalue weighted by Crippen LogP contribution is 2.19. The van der Waals surface area contributed by atoms with Crippen LogP contribution in [0, 0.1) is 11.6 Å². The second-order valence-corrected chi connectivity index (χ2v) is 3.47. The number of carbonyl (C=O) groups is 1. The minimum absolute atomic E-state index is 0.0202. The fraction of sp³-hybridized carbons (Fsp3) is 0.0833. The molecule has 1 aromatic carbocycles. The van der Waals surface area contributed by atoms with E-state index in [0.29, 0.717) is 6.07 Å². The van der Waals surface area contributed by atoms with E-state index in [1.54, 1.807) is 0 Å². The highest BCUT2D eigenvalue weighted by molar-refractivity contribution is 5.87. The van der Waals surface area contributed by atoms with Gasteiger partial charge < -0.3 is 14.3 Å². The third-order valence-electron chi connectivity index (χ3n) is 2.16. The molecule has 2 rings (SSSR count). The van der Waals surface area contributed by atoms with Crippen LogP contribution in [0.3, 0.4) is 0 Å². The van der Waals surface area contributed by atoms with Gasteiger partial charge in [0.15, 0.2) is 11.6 Å². The van der Waals surface area contributed by atoms with Gasteiger partial charge in [0.2, 0.25) is 0 Å². The van der Waals surface area contributed by atoms with Crippen molar-refractivity contribution in [2.45, 2.75) is 6.61 Å². The molecule has 0 saturated heterocycles. The Balaban J connectivity index is 2.04. The Morgan fingerprint density at radius 1 is 1.33 bits per heavy atom. The van der Waals surface area contributed by atoms with Crippen molar-refractivity contribution in [2.24, 2.45) is 0 Å².